The van der Waals surface area contributed by atoms with E-state index in [9.17, 15) is 4.79 Å². The summed E-state index contributed by atoms with van der Waals surface area (Å²) in [6.07, 6.45) is 9.53. The third-order valence-electron chi connectivity index (χ3n) is 4.76. The average Bonchev–Trinajstić information content (AvgIpc) is 2.74. The first-order valence-electron chi connectivity index (χ1n) is 10.3. The normalized spacial score (nSPS) is 11.9. The van der Waals surface area contributed by atoms with E-state index in [0.29, 0.717) is 25.3 Å². The molecule has 2 rings (SSSR count). The van der Waals surface area contributed by atoms with Crippen LogP contribution in [0.15, 0.2) is 59.9 Å². The van der Waals surface area contributed by atoms with E-state index in [2.05, 4.69) is 23.8 Å². The number of benzene rings is 1. The molecule has 0 saturated heterocycles. The van der Waals surface area contributed by atoms with Crippen LogP contribution in [0.4, 0.5) is 5.69 Å². The van der Waals surface area contributed by atoms with Crippen LogP contribution in [0.1, 0.15) is 50.7 Å². The van der Waals surface area contributed by atoms with Gasteiger partial charge in [0, 0.05) is 36.6 Å². The quantitative estimate of drug-likeness (QED) is 0.255. The van der Waals surface area contributed by atoms with Gasteiger partial charge >= 0.3 is 5.97 Å². The highest BCUT2D eigenvalue weighted by Gasteiger charge is 2.14. The van der Waals surface area contributed by atoms with Crippen molar-refractivity contribution in [3.63, 3.8) is 0 Å². The van der Waals surface area contributed by atoms with E-state index >= 15 is 0 Å². The van der Waals surface area contributed by atoms with Crippen molar-refractivity contribution in [3.05, 3.63) is 66.0 Å². The number of aromatic nitrogens is 1. The number of rotatable bonds is 10. The van der Waals surface area contributed by atoms with Crippen LogP contribution < -0.4 is 10.6 Å². The number of nitriles is 1. The van der Waals surface area contributed by atoms with Crippen LogP contribution in [0.5, 0.6) is 0 Å². The number of hydrogen-bond donors (Lipinski definition) is 2. The number of anilines is 1. The number of aliphatic imine (C=N–C) groups is 1. The minimum atomic E-state index is -0.800. The minimum absolute atomic E-state index is 0.126. The van der Waals surface area contributed by atoms with Gasteiger partial charge in [0.2, 0.25) is 12.2 Å². The maximum absolute atomic E-state index is 10.8. The Kier molecular flexibility index (Phi) is 9.24. The van der Waals surface area contributed by atoms with Crippen LogP contribution in [-0.2, 0) is 4.79 Å². The molecule has 7 nitrogen and oxygen atoms in total. The summed E-state index contributed by atoms with van der Waals surface area (Å²) in [7, 11) is 0. The predicted molar refractivity (Wildman–Crippen MR) is 123 cm³/mol. The maximum Gasteiger partial charge on any atom is 0.303 e. The van der Waals surface area contributed by atoms with Crippen molar-refractivity contribution in [2.75, 3.05) is 11.4 Å². The molecule has 0 aliphatic carbocycles. The number of guanidine groups is 1. The summed E-state index contributed by atoms with van der Waals surface area (Å²) in [5, 5.41) is 17.9. The number of pyridine rings is 1. The van der Waals surface area contributed by atoms with Crippen LogP contribution in [0.2, 0.25) is 0 Å². The molecule has 1 aromatic heterocycles. The van der Waals surface area contributed by atoms with Crippen LogP contribution in [0.25, 0.3) is 5.57 Å². The van der Waals surface area contributed by atoms with Gasteiger partial charge in [-0.2, -0.15) is 5.26 Å². The Labute approximate surface area is 183 Å². The first-order valence-corrected chi connectivity index (χ1v) is 10.3. The number of carboxylic acid groups (broad SMARTS) is 1. The molecule has 0 radical (unpaired) electrons. The van der Waals surface area contributed by atoms with Crippen LogP contribution in [0, 0.1) is 17.4 Å². The topological polar surface area (TPSA) is 116 Å². The molecule has 7 heteroatoms. The molecule has 2 aromatic rings. The first-order chi connectivity index (χ1) is 14.9. The summed E-state index contributed by atoms with van der Waals surface area (Å²) in [4.78, 5) is 20.7. The van der Waals surface area contributed by atoms with Gasteiger partial charge in [0.1, 0.15) is 0 Å². The van der Waals surface area contributed by atoms with Crippen molar-refractivity contribution >= 4 is 23.2 Å². The monoisotopic (exact) mass is 419 g/mol. The number of nitrogens with two attached hydrogens (primary N) is 1. The number of nitrogens with zero attached hydrogens (tertiary/aromatic N) is 4. The zero-order valence-electron chi connectivity index (χ0n) is 18.0. The Morgan fingerprint density at radius 1 is 1.32 bits per heavy atom. The number of hydrogen-bond acceptors (Lipinski definition) is 4. The summed E-state index contributed by atoms with van der Waals surface area (Å²) >= 11 is 0. The summed E-state index contributed by atoms with van der Waals surface area (Å²) in [6.45, 7) is 4.90. The largest absolute Gasteiger partial charge is 0.481 e. The van der Waals surface area contributed by atoms with E-state index < -0.39 is 5.97 Å². The van der Waals surface area contributed by atoms with Crippen LogP contribution >= 0.6 is 0 Å². The highest BCUT2D eigenvalue weighted by Crippen LogP contribution is 2.28. The zero-order chi connectivity index (χ0) is 22.6. The average molecular weight is 420 g/mol. The molecule has 162 valence electrons. The van der Waals surface area contributed by atoms with E-state index in [1.807, 2.05) is 47.4 Å². The van der Waals surface area contributed by atoms with Gasteiger partial charge in [0.25, 0.3) is 0 Å². The summed E-state index contributed by atoms with van der Waals surface area (Å²) in [5.41, 5.74) is 9.80. The molecule has 1 aromatic carbocycles. The molecular weight excluding hydrogens is 390 g/mol. The molecule has 0 atom stereocenters. The fraction of sp³-hybridized carbons (Fsp3) is 0.333. The zero-order valence-corrected chi connectivity index (χ0v) is 18.0. The second-order valence-corrected chi connectivity index (χ2v) is 7.60. The van der Waals surface area contributed by atoms with Gasteiger partial charge in [-0.15, -0.1) is 4.99 Å². The third-order valence-corrected chi connectivity index (χ3v) is 4.76. The van der Waals surface area contributed by atoms with Gasteiger partial charge in [0.15, 0.2) is 0 Å². The molecule has 0 aliphatic heterocycles. The van der Waals surface area contributed by atoms with Gasteiger partial charge in [-0.25, -0.2) is 0 Å². The Balaban J connectivity index is 2.42. The Morgan fingerprint density at radius 2 is 2.10 bits per heavy atom. The maximum atomic E-state index is 10.8. The van der Waals surface area contributed by atoms with Crippen LogP contribution in [0.3, 0.4) is 0 Å². The molecule has 0 spiro atoms. The van der Waals surface area contributed by atoms with E-state index in [4.69, 9.17) is 16.1 Å². The number of carbonyl (C=O) groups is 1. The number of unbranched alkanes of at least 4 members (excludes halogenated alkanes) is 1. The summed E-state index contributed by atoms with van der Waals surface area (Å²) < 4.78 is 0. The Hall–Kier alpha value is -3.66. The highest BCUT2D eigenvalue weighted by molar-refractivity contribution is 5.96. The number of aliphatic carboxylic acids is 1. The molecule has 1 heterocycles. The van der Waals surface area contributed by atoms with E-state index in [1.54, 1.807) is 18.6 Å². The molecule has 0 unspecified atom stereocenters. The van der Waals surface area contributed by atoms with Crippen molar-refractivity contribution in [3.8, 4) is 6.19 Å². The lowest BCUT2D eigenvalue weighted by atomic mass is 9.97. The lowest BCUT2D eigenvalue weighted by Gasteiger charge is -2.24. The summed E-state index contributed by atoms with van der Waals surface area (Å²) in [5.74, 6) is -0.166. The molecule has 0 aliphatic rings. The summed E-state index contributed by atoms with van der Waals surface area (Å²) in [6, 6.07) is 11.7. The molecule has 0 saturated carbocycles. The van der Waals surface area contributed by atoms with Gasteiger partial charge in [-0.3, -0.25) is 9.78 Å². The lowest BCUT2D eigenvalue weighted by molar-refractivity contribution is -0.137. The SMILES string of the molecule is CC(C)CCN(C(N)=NC#N)c1cccc(C(=CCCCC(=O)O)c2cccnc2)c1. The highest BCUT2D eigenvalue weighted by atomic mass is 16.4. The van der Waals surface area contributed by atoms with Gasteiger partial charge < -0.3 is 15.7 Å². The predicted octanol–water partition coefficient (Wildman–Crippen LogP) is 4.42. The molecule has 0 amide bonds. The van der Waals surface area contributed by atoms with Gasteiger partial charge in [0.05, 0.1) is 0 Å². The smallest absolute Gasteiger partial charge is 0.303 e. The molecular formula is C24H29N5O2. The lowest BCUT2D eigenvalue weighted by Crippen LogP contribution is -2.38. The Bertz CT molecular complexity index is 961. The van der Waals surface area contributed by atoms with Crippen molar-refractivity contribution in [2.24, 2.45) is 16.6 Å². The van der Waals surface area contributed by atoms with Gasteiger partial charge in [-0.1, -0.05) is 38.1 Å². The molecule has 3 N–H and O–H groups in total. The van der Waals surface area contributed by atoms with E-state index in [0.717, 1.165) is 28.8 Å². The fourth-order valence-electron chi connectivity index (χ4n) is 3.14. The number of allylic oxidation sites excluding steroid dienone is 1. The second kappa shape index (κ2) is 12.1. The van der Waals surface area contributed by atoms with Crippen molar-refractivity contribution < 1.29 is 9.90 Å². The fourth-order valence-corrected chi connectivity index (χ4v) is 3.14. The van der Waals surface area contributed by atoms with Crippen molar-refractivity contribution in [1.82, 2.24) is 4.98 Å². The van der Waals surface area contributed by atoms with Crippen molar-refractivity contribution in [1.29, 1.82) is 5.26 Å². The standard InChI is InChI=1S/C24H29N5O2/c1-18(2)12-14-29(24(26)28-17-25)21-9-5-7-19(15-21)22(10-3-4-11-23(30)31)20-8-6-13-27-16-20/h5-10,13,15-16,18H,3-4,11-12,14H2,1-2H3,(H2,26,28)(H,30,31). The third kappa shape index (κ3) is 7.59. The van der Waals surface area contributed by atoms with E-state index in [-0.39, 0.29) is 12.4 Å². The number of carboxylic acids is 1. The molecule has 31 heavy (non-hydrogen) atoms. The van der Waals surface area contributed by atoms with Crippen molar-refractivity contribution in [2.45, 2.75) is 39.5 Å². The Morgan fingerprint density at radius 3 is 2.74 bits per heavy atom. The first kappa shape index (κ1) is 23.6. The second-order valence-electron chi connectivity index (χ2n) is 7.60. The molecule has 0 bridgehead atoms. The van der Waals surface area contributed by atoms with Gasteiger partial charge in [-0.05, 0) is 54.5 Å². The van der Waals surface area contributed by atoms with Crippen LogP contribution in [-0.4, -0.2) is 28.6 Å². The minimum Gasteiger partial charge on any atom is -0.481 e. The molecule has 0 fully saturated rings. The van der Waals surface area contributed by atoms with E-state index in [1.165, 1.54) is 0 Å².